The van der Waals surface area contributed by atoms with Crippen LogP contribution in [0.15, 0.2) is 123 Å². The molecule has 0 aliphatic carbocycles. The second-order valence-corrected chi connectivity index (χ2v) is 12.1. The molecule has 0 aliphatic heterocycles. The number of nitrogens with one attached hydrogen (secondary N) is 2. The summed E-state index contributed by atoms with van der Waals surface area (Å²) in [5.74, 6) is -0.402. The molecule has 2 heterocycles. The lowest BCUT2D eigenvalue weighted by Crippen LogP contribution is -2.33. The predicted molar refractivity (Wildman–Crippen MR) is 195 cm³/mol. The van der Waals surface area contributed by atoms with Crippen LogP contribution >= 0.6 is 39.1 Å². The summed E-state index contributed by atoms with van der Waals surface area (Å²) in [5, 5.41) is 24.5. The zero-order valence-corrected chi connectivity index (χ0v) is 29.5. The fourth-order valence-electron chi connectivity index (χ4n) is 4.46. The van der Waals surface area contributed by atoms with Gasteiger partial charge in [0.1, 0.15) is 23.2 Å². The van der Waals surface area contributed by atoms with Crippen molar-refractivity contribution in [2.45, 2.75) is 13.8 Å². The Morgan fingerprint density at radius 2 is 1.18 bits per heavy atom. The molecule has 0 unspecified atom stereocenters. The number of rotatable bonds is 6. The van der Waals surface area contributed by atoms with Crippen LogP contribution in [0, 0.1) is 25.5 Å². The summed E-state index contributed by atoms with van der Waals surface area (Å²) in [6.07, 6.45) is 2.88. The van der Waals surface area contributed by atoms with E-state index < -0.39 is 12.9 Å². The van der Waals surface area contributed by atoms with Crippen LogP contribution in [-0.4, -0.2) is 29.0 Å². The van der Waals surface area contributed by atoms with Gasteiger partial charge in [-0.15, -0.1) is 0 Å². The molecular weight excluding hydrogens is 756 g/mol. The van der Waals surface area contributed by atoms with Crippen molar-refractivity contribution in [1.82, 2.24) is 0 Å². The minimum atomic E-state index is -1.63. The van der Waals surface area contributed by atoms with Crippen LogP contribution < -0.4 is 16.1 Å². The first-order valence-corrected chi connectivity index (χ1v) is 16.2. The molecule has 50 heavy (non-hydrogen) atoms. The number of carbonyl (C=O) groups excluding carboxylic acids is 2. The molecule has 0 radical (unpaired) electrons. The van der Waals surface area contributed by atoms with E-state index in [9.17, 15) is 28.4 Å². The summed E-state index contributed by atoms with van der Waals surface area (Å²) in [6, 6.07) is 25.5. The number of furan rings is 2. The average Bonchev–Trinajstić information content (AvgIpc) is 3.72. The number of benzene rings is 4. The van der Waals surface area contributed by atoms with Gasteiger partial charge in [-0.25, -0.2) is 8.78 Å². The number of hydrogen-bond acceptors (Lipinski definition) is 6. The smallest absolute Gasteiger partial charge is 0.469 e. The molecule has 6 aromatic rings. The van der Waals surface area contributed by atoms with Gasteiger partial charge in [-0.1, -0.05) is 59.6 Å². The van der Waals surface area contributed by atoms with Crippen molar-refractivity contribution >= 4 is 74.9 Å². The fraction of sp³-hybridized carbons (Fsp3) is 0.0556. The van der Waals surface area contributed by atoms with Gasteiger partial charge in [0, 0.05) is 38.0 Å². The van der Waals surface area contributed by atoms with E-state index in [-0.39, 0.29) is 23.1 Å². The first-order chi connectivity index (χ1) is 23.8. The van der Waals surface area contributed by atoms with Crippen LogP contribution in [0.2, 0.25) is 10.0 Å². The van der Waals surface area contributed by atoms with E-state index in [1.807, 2.05) is 0 Å². The zero-order chi connectivity index (χ0) is 36.4. The zero-order valence-electron chi connectivity index (χ0n) is 26.4. The molecule has 4 aromatic carbocycles. The highest BCUT2D eigenvalue weighted by molar-refractivity contribution is 9.10. The summed E-state index contributed by atoms with van der Waals surface area (Å²) < 4.78 is 37.2. The van der Waals surface area contributed by atoms with Gasteiger partial charge >= 0.3 is 7.12 Å². The van der Waals surface area contributed by atoms with Crippen LogP contribution in [-0.2, 0) is 0 Å². The fourth-order valence-corrected chi connectivity index (χ4v) is 5.03. The maximum Gasteiger partial charge on any atom is 0.490 e. The van der Waals surface area contributed by atoms with Gasteiger partial charge in [-0.2, -0.15) is 0 Å². The van der Waals surface area contributed by atoms with Crippen LogP contribution in [0.4, 0.5) is 20.2 Å². The van der Waals surface area contributed by atoms with Crippen LogP contribution in [0.25, 0.3) is 11.1 Å². The molecule has 0 saturated carbocycles. The summed E-state index contributed by atoms with van der Waals surface area (Å²) in [7, 11) is -1.63. The summed E-state index contributed by atoms with van der Waals surface area (Å²) in [4.78, 5) is 24.3. The molecule has 2 aromatic heterocycles. The van der Waals surface area contributed by atoms with Crippen molar-refractivity contribution < 1.29 is 37.3 Å². The van der Waals surface area contributed by atoms with E-state index in [1.165, 1.54) is 30.7 Å². The number of aryl methyl sites for hydroxylation is 2. The Hall–Kier alpha value is -4.72. The lowest BCUT2D eigenvalue weighted by atomic mass is 9.79. The number of anilines is 2. The molecule has 8 nitrogen and oxygen atoms in total. The minimum absolute atomic E-state index is 0.243. The van der Waals surface area contributed by atoms with Gasteiger partial charge in [0.25, 0.3) is 11.8 Å². The molecule has 0 saturated heterocycles. The Balaban J connectivity index is 0.000000184. The predicted octanol–water partition coefficient (Wildman–Crippen LogP) is 9.06. The van der Waals surface area contributed by atoms with Crippen molar-refractivity contribution in [3.05, 3.63) is 158 Å². The summed E-state index contributed by atoms with van der Waals surface area (Å²) in [5.41, 5.74) is 2.92. The average molecular weight is 784 g/mol. The van der Waals surface area contributed by atoms with E-state index in [1.54, 1.807) is 92.7 Å². The van der Waals surface area contributed by atoms with Crippen LogP contribution in [0.3, 0.4) is 0 Å². The number of amides is 2. The lowest BCUT2D eigenvalue weighted by molar-refractivity contribution is 0.101. The highest BCUT2D eigenvalue weighted by atomic mass is 79.9. The van der Waals surface area contributed by atoms with E-state index in [4.69, 9.17) is 32.0 Å². The molecule has 6 rings (SSSR count). The number of carbonyl (C=O) groups is 2. The Morgan fingerprint density at radius 3 is 1.68 bits per heavy atom. The third-order valence-electron chi connectivity index (χ3n) is 6.97. The molecule has 0 spiro atoms. The van der Waals surface area contributed by atoms with Crippen LogP contribution in [0.5, 0.6) is 0 Å². The standard InChI is InChI=1S/C18H13ClFNO2.C12H12BNO4.C6H3BrClF/c1-11-13(8-9-23-11)18(22)21-17-5-3-2-4-15(17)14-7-6-12(19)10-16(14)20;1-8-9(6-7-18-8)12(15)14-11-5-3-2-4-10(11)13(16)17;7-5-2-1-4(8)3-6(5)9/h2-10H,1H3,(H,21,22);2-7,16-17H,1H3,(H,14,15);1-3H. The van der Waals surface area contributed by atoms with E-state index in [0.717, 1.165) is 0 Å². The molecule has 0 bridgehead atoms. The number of halogens is 5. The highest BCUT2D eigenvalue weighted by Gasteiger charge is 2.19. The van der Waals surface area contributed by atoms with Gasteiger partial charge in [-0.05, 0) is 90.4 Å². The Morgan fingerprint density at radius 1 is 0.680 bits per heavy atom. The number of para-hydroxylation sites is 2. The molecule has 14 heteroatoms. The summed E-state index contributed by atoms with van der Waals surface area (Å²) in [6.45, 7) is 3.39. The van der Waals surface area contributed by atoms with Crippen molar-refractivity contribution in [2.24, 2.45) is 0 Å². The Kier molecular flexibility index (Phi) is 13.6. The van der Waals surface area contributed by atoms with Gasteiger partial charge in [0.05, 0.1) is 28.1 Å². The van der Waals surface area contributed by atoms with Gasteiger partial charge in [0.2, 0.25) is 0 Å². The topological polar surface area (TPSA) is 125 Å². The third-order valence-corrected chi connectivity index (χ3v) is 8.09. The third kappa shape index (κ3) is 10.2. The van der Waals surface area contributed by atoms with Crippen molar-refractivity contribution in [1.29, 1.82) is 0 Å². The van der Waals surface area contributed by atoms with E-state index in [0.29, 0.717) is 59.7 Å². The van der Waals surface area contributed by atoms with Crippen molar-refractivity contribution in [2.75, 3.05) is 10.6 Å². The highest BCUT2D eigenvalue weighted by Crippen LogP contribution is 2.32. The molecule has 2 amide bonds. The SMILES string of the molecule is Cc1occc1C(=O)Nc1ccccc1-c1ccc(Cl)cc1F.Cc1occc1C(=O)Nc1ccccc1B(O)O.Fc1cc(Cl)ccc1Br. The quantitative estimate of drug-likeness (QED) is 0.0988. The Bertz CT molecular complexity index is 2110. The maximum atomic E-state index is 14.2. The molecule has 0 atom stereocenters. The maximum absolute atomic E-state index is 14.2. The normalized spacial score (nSPS) is 10.3. The first kappa shape index (κ1) is 38.1. The molecule has 0 fully saturated rings. The van der Waals surface area contributed by atoms with Crippen molar-refractivity contribution in [3.8, 4) is 11.1 Å². The minimum Gasteiger partial charge on any atom is -0.469 e. The molecule has 0 aliphatic rings. The lowest BCUT2D eigenvalue weighted by Gasteiger charge is -2.12. The molecule has 4 N–H and O–H groups in total. The van der Waals surface area contributed by atoms with Gasteiger partial charge in [-0.3, -0.25) is 9.59 Å². The molecule has 256 valence electrons. The monoisotopic (exact) mass is 782 g/mol. The Labute approximate surface area is 304 Å². The first-order valence-electron chi connectivity index (χ1n) is 14.7. The second kappa shape index (κ2) is 17.8. The van der Waals surface area contributed by atoms with Gasteiger partial charge < -0.3 is 29.5 Å². The molecular formula is C36H28BBrCl2F2N2O6. The van der Waals surface area contributed by atoms with E-state index in [2.05, 4.69) is 26.6 Å². The van der Waals surface area contributed by atoms with Crippen molar-refractivity contribution in [3.63, 3.8) is 0 Å². The van der Waals surface area contributed by atoms with E-state index >= 15 is 0 Å². The largest absolute Gasteiger partial charge is 0.490 e. The summed E-state index contributed by atoms with van der Waals surface area (Å²) >= 11 is 14.2. The van der Waals surface area contributed by atoms with Crippen LogP contribution in [0.1, 0.15) is 32.2 Å². The second-order valence-electron chi connectivity index (χ2n) is 10.4. The number of hydrogen-bond donors (Lipinski definition) is 4. The van der Waals surface area contributed by atoms with Gasteiger partial charge in [0.15, 0.2) is 0 Å².